The van der Waals surface area contributed by atoms with Gasteiger partial charge in [-0.25, -0.2) is 0 Å². The molecular formula is C13H19N3O2. The lowest BCUT2D eigenvalue weighted by Gasteiger charge is -2.35. The molecule has 0 aliphatic carbocycles. The van der Waals surface area contributed by atoms with Crippen LogP contribution in [0.25, 0.3) is 0 Å². The summed E-state index contributed by atoms with van der Waals surface area (Å²) in [7, 11) is 0. The van der Waals surface area contributed by atoms with Crippen LogP contribution < -0.4 is 5.73 Å². The van der Waals surface area contributed by atoms with Crippen molar-refractivity contribution in [2.45, 2.75) is 18.9 Å². The molecule has 0 spiro atoms. The lowest BCUT2D eigenvalue weighted by Crippen LogP contribution is -2.52. The first-order valence-corrected chi connectivity index (χ1v) is 6.27. The molecule has 1 amide bonds. The van der Waals surface area contributed by atoms with Crippen LogP contribution in [0.3, 0.4) is 0 Å². The SMILES string of the molecule is NCC1COCCN1C(=O)CCc1ccncc1. The van der Waals surface area contributed by atoms with Crippen molar-refractivity contribution in [2.75, 3.05) is 26.3 Å². The molecule has 2 N–H and O–H groups in total. The van der Waals surface area contributed by atoms with Crippen molar-refractivity contribution in [2.24, 2.45) is 5.73 Å². The summed E-state index contributed by atoms with van der Waals surface area (Å²) in [5.74, 6) is 0.158. The quantitative estimate of drug-likeness (QED) is 0.827. The monoisotopic (exact) mass is 249 g/mol. The number of nitrogens with two attached hydrogens (primary N) is 1. The van der Waals surface area contributed by atoms with E-state index in [0.29, 0.717) is 32.7 Å². The molecular weight excluding hydrogens is 230 g/mol. The highest BCUT2D eigenvalue weighted by molar-refractivity contribution is 5.77. The number of ether oxygens (including phenoxy) is 1. The largest absolute Gasteiger partial charge is 0.377 e. The molecule has 2 rings (SSSR count). The molecule has 5 nitrogen and oxygen atoms in total. The molecule has 98 valence electrons. The third-order valence-corrected chi connectivity index (χ3v) is 3.20. The number of hydrogen-bond acceptors (Lipinski definition) is 4. The van der Waals surface area contributed by atoms with Crippen molar-refractivity contribution >= 4 is 5.91 Å². The summed E-state index contributed by atoms with van der Waals surface area (Å²) in [6, 6.07) is 3.91. The summed E-state index contributed by atoms with van der Waals surface area (Å²) in [5.41, 5.74) is 6.79. The zero-order chi connectivity index (χ0) is 12.8. The Morgan fingerprint density at radius 2 is 2.28 bits per heavy atom. The zero-order valence-electron chi connectivity index (χ0n) is 10.4. The molecule has 1 unspecified atom stereocenters. The molecule has 5 heteroatoms. The smallest absolute Gasteiger partial charge is 0.223 e. The van der Waals surface area contributed by atoms with E-state index in [9.17, 15) is 4.79 Å². The Hall–Kier alpha value is -1.46. The predicted octanol–water partition coefficient (Wildman–Crippen LogP) is 0.200. The molecule has 18 heavy (non-hydrogen) atoms. The first kappa shape index (κ1) is 13.0. The molecule has 0 bridgehead atoms. The maximum absolute atomic E-state index is 12.1. The predicted molar refractivity (Wildman–Crippen MR) is 67.9 cm³/mol. The number of rotatable bonds is 4. The molecule has 1 aromatic rings. The number of amides is 1. The van der Waals surface area contributed by atoms with E-state index in [0.717, 1.165) is 12.0 Å². The minimum absolute atomic E-state index is 0.0312. The van der Waals surface area contributed by atoms with E-state index >= 15 is 0 Å². The molecule has 1 saturated heterocycles. The van der Waals surface area contributed by atoms with Gasteiger partial charge in [0.1, 0.15) is 0 Å². The topological polar surface area (TPSA) is 68.5 Å². The van der Waals surface area contributed by atoms with Crippen LogP contribution in [-0.2, 0) is 16.0 Å². The van der Waals surface area contributed by atoms with Crippen molar-refractivity contribution in [1.82, 2.24) is 9.88 Å². The Morgan fingerprint density at radius 1 is 1.50 bits per heavy atom. The van der Waals surface area contributed by atoms with E-state index in [4.69, 9.17) is 10.5 Å². The Balaban J connectivity index is 1.87. The van der Waals surface area contributed by atoms with Gasteiger partial charge in [0.15, 0.2) is 0 Å². The Bertz CT molecular complexity index is 383. The van der Waals surface area contributed by atoms with Crippen molar-refractivity contribution in [1.29, 1.82) is 0 Å². The van der Waals surface area contributed by atoms with Crippen molar-refractivity contribution in [3.63, 3.8) is 0 Å². The van der Waals surface area contributed by atoms with Crippen LogP contribution in [0.15, 0.2) is 24.5 Å². The highest BCUT2D eigenvalue weighted by Gasteiger charge is 2.25. The number of aryl methyl sites for hydroxylation is 1. The summed E-state index contributed by atoms with van der Waals surface area (Å²) in [4.78, 5) is 18.0. The van der Waals surface area contributed by atoms with Crippen LogP contribution in [0, 0.1) is 0 Å². The van der Waals surface area contributed by atoms with Crippen molar-refractivity contribution in [3.8, 4) is 0 Å². The number of carbonyl (C=O) groups is 1. The van der Waals surface area contributed by atoms with Crippen LogP contribution in [-0.4, -0.2) is 48.1 Å². The third-order valence-electron chi connectivity index (χ3n) is 3.20. The minimum atomic E-state index is 0.0312. The van der Waals surface area contributed by atoms with Crippen LogP contribution in [0.1, 0.15) is 12.0 Å². The van der Waals surface area contributed by atoms with Gasteiger partial charge in [0.05, 0.1) is 19.3 Å². The fraction of sp³-hybridized carbons (Fsp3) is 0.538. The fourth-order valence-electron chi connectivity index (χ4n) is 2.12. The molecule has 1 aliphatic heterocycles. The first-order valence-electron chi connectivity index (χ1n) is 6.27. The van der Waals surface area contributed by atoms with E-state index in [2.05, 4.69) is 4.98 Å². The standard InChI is InChI=1S/C13H19N3O2/c14-9-12-10-18-8-7-16(12)13(17)2-1-11-3-5-15-6-4-11/h3-6,12H,1-2,7-10,14H2. The summed E-state index contributed by atoms with van der Waals surface area (Å²) in [6.07, 6.45) is 4.75. The summed E-state index contributed by atoms with van der Waals surface area (Å²) in [6.45, 7) is 2.27. The van der Waals surface area contributed by atoms with Gasteiger partial charge in [-0.3, -0.25) is 9.78 Å². The lowest BCUT2D eigenvalue weighted by atomic mass is 10.1. The lowest BCUT2D eigenvalue weighted by molar-refractivity contribution is -0.139. The van der Waals surface area contributed by atoms with E-state index in [1.807, 2.05) is 17.0 Å². The van der Waals surface area contributed by atoms with Gasteiger partial charge in [-0.1, -0.05) is 0 Å². The summed E-state index contributed by atoms with van der Waals surface area (Å²) >= 11 is 0. The molecule has 0 aromatic carbocycles. The molecule has 1 fully saturated rings. The molecule has 1 aliphatic rings. The third kappa shape index (κ3) is 3.27. The number of pyridine rings is 1. The summed E-state index contributed by atoms with van der Waals surface area (Å²) in [5, 5.41) is 0. The average molecular weight is 249 g/mol. The molecule has 1 aromatic heterocycles. The van der Waals surface area contributed by atoms with E-state index in [1.165, 1.54) is 0 Å². The maximum Gasteiger partial charge on any atom is 0.223 e. The van der Waals surface area contributed by atoms with Crippen LogP contribution in [0.5, 0.6) is 0 Å². The second-order valence-electron chi connectivity index (χ2n) is 4.41. The summed E-state index contributed by atoms with van der Waals surface area (Å²) < 4.78 is 5.33. The maximum atomic E-state index is 12.1. The number of aromatic nitrogens is 1. The van der Waals surface area contributed by atoms with Crippen LogP contribution in [0.4, 0.5) is 0 Å². The Kier molecular flexibility index (Phi) is 4.66. The van der Waals surface area contributed by atoms with Crippen molar-refractivity contribution < 1.29 is 9.53 Å². The zero-order valence-corrected chi connectivity index (χ0v) is 10.4. The van der Waals surface area contributed by atoms with E-state index in [1.54, 1.807) is 12.4 Å². The van der Waals surface area contributed by atoms with Crippen LogP contribution in [0.2, 0.25) is 0 Å². The minimum Gasteiger partial charge on any atom is -0.377 e. The highest BCUT2D eigenvalue weighted by Crippen LogP contribution is 2.10. The van der Waals surface area contributed by atoms with Gasteiger partial charge in [-0.2, -0.15) is 0 Å². The second-order valence-corrected chi connectivity index (χ2v) is 4.41. The van der Waals surface area contributed by atoms with Gasteiger partial charge in [-0.05, 0) is 24.1 Å². The fourth-order valence-corrected chi connectivity index (χ4v) is 2.12. The number of nitrogens with zero attached hydrogens (tertiary/aromatic N) is 2. The average Bonchev–Trinajstić information content (AvgIpc) is 2.45. The van der Waals surface area contributed by atoms with Gasteiger partial charge in [0, 0.05) is 31.9 Å². The Labute approximate surface area is 107 Å². The van der Waals surface area contributed by atoms with Gasteiger partial charge < -0.3 is 15.4 Å². The highest BCUT2D eigenvalue weighted by atomic mass is 16.5. The van der Waals surface area contributed by atoms with Gasteiger partial charge in [-0.15, -0.1) is 0 Å². The van der Waals surface area contributed by atoms with E-state index < -0.39 is 0 Å². The Morgan fingerprint density at radius 3 is 3.00 bits per heavy atom. The first-order chi connectivity index (χ1) is 8.81. The second kappa shape index (κ2) is 6.47. The van der Waals surface area contributed by atoms with Gasteiger partial charge >= 0.3 is 0 Å². The molecule has 2 heterocycles. The van der Waals surface area contributed by atoms with E-state index in [-0.39, 0.29) is 11.9 Å². The molecule has 0 radical (unpaired) electrons. The van der Waals surface area contributed by atoms with Gasteiger partial charge in [0.25, 0.3) is 0 Å². The number of hydrogen-bond donors (Lipinski definition) is 1. The molecule has 1 atom stereocenters. The number of carbonyl (C=O) groups excluding carboxylic acids is 1. The van der Waals surface area contributed by atoms with Crippen molar-refractivity contribution in [3.05, 3.63) is 30.1 Å². The van der Waals surface area contributed by atoms with Gasteiger partial charge in [0.2, 0.25) is 5.91 Å². The molecule has 0 saturated carbocycles. The number of morpholine rings is 1. The van der Waals surface area contributed by atoms with Crippen LogP contribution >= 0.6 is 0 Å². The normalized spacial score (nSPS) is 19.8.